The molecule has 3 amide bonds. The fourth-order valence-electron chi connectivity index (χ4n) is 2.97. The van der Waals surface area contributed by atoms with E-state index >= 15 is 0 Å². The summed E-state index contributed by atoms with van der Waals surface area (Å²) in [6.07, 6.45) is 0.980. The fraction of sp³-hybridized carbons (Fsp3) is 0.391. The Bertz CT molecular complexity index is 1030. The summed E-state index contributed by atoms with van der Waals surface area (Å²) in [4.78, 5) is 25.2. The molecule has 3 rings (SSSR count). The first-order chi connectivity index (χ1) is 15.9. The lowest BCUT2D eigenvalue weighted by atomic mass is 10.2. The molecule has 0 fully saturated rings. The van der Waals surface area contributed by atoms with E-state index in [4.69, 9.17) is 4.74 Å². The molecule has 0 saturated heterocycles. The topological polar surface area (TPSA) is 98.1 Å². The second-order valence-corrected chi connectivity index (χ2v) is 9.76. The summed E-state index contributed by atoms with van der Waals surface area (Å²) < 4.78 is 7.87. The number of carbonyl (C=O) groups excluding carboxylic acids is 2. The quantitative estimate of drug-likeness (QED) is 0.392. The number of hydrogen-bond acceptors (Lipinski definition) is 7. The number of hydrogen-bond donors (Lipinski definition) is 2. The molecule has 3 aromatic rings. The number of urea groups is 1. The molecule has 0 aliphatic rings. The first kappa shape index (κ1) is 24.8. The maximum absolute atomic E-state index is 12.2. The molecule has 33 heavy (non-hydrogen) atoms. The third-order valence-electron chi connectivity index (χ3n) is 4.63. The van der Waals surface area contributed by atoms with Crippen LogP contribution in [0.25, 0.3) is 0 Å². The van der Waals surface area contributed by atoms with Gasteiger partial charge in [-0.2, -0.15) is 0 Å². The van der Waals surface area contributed by atoms with Crippen LogP contribution < -0.4 is 15.4 Å². The second-order valence-electron chi connectivity index (χ2n) is 7.79. The Hall–Kier alpha value is -2.85. The highest BCUT2D eigenvalue weighted by molar-refractivity contribution is 7.99. The van der Waals surface area contributed by atoms with Crippen molar-refractivity contribution in [3.8, 4) is 5.75 Å². The SMILES string of the molecule is CCc1ccc(OCc2nnc(SCC(=O)NC(=O)NCc3cccs3)n2CC(C)C)cc1. The number of aromatic nitrogens is 3. The molecule has 2 N–H and O–H groups in total. The lowest BCUT2D eigenvalue weighted by Crippen LogP contribution is -2.39. The molecule has 2 heterocycles. The van der Waals surface area contributed by atoms with Gasteiger partial charge in [0.25, 0.3) is 0 Å². The highest BCUT2D eigenvalue weighted by Crippen LogP contribution is 2.20. The van der Waals surface area contributed by atoms with Crippen molar-refractivity contribution in [2.45, 2.75) is 52.0 Å². The molecule has 8 nitrogen and oxygen atoms in total. The molecule has 176 valence electrons. The number of carbonyl (C=O) groups is 2. The molecular formula is C23H29N5O3S2. The van der Waals surface area contributed by atoms with E-state index in [1.54, 1.807) is 11.3 Å². The van der Waals surface area contributed by atoms with E-state index in [2.05, 4.69) is 41.6 Å². The summed E-state index contributed by atoms with van der Waals surface area (Å²) in [6.45, 7) is 7.69. The van der Waals surface area contributed by atoms with Crippen molar-refractivity contribution in [3.05, 3.63) is 58.0 Å². The number of rotatable bonds is 11. The van der Waals surface area contributed by atoms with Gasteiger partial charge in [-0.15, -0.1) is 21.5 Å². The molecule has 0 unspecified atom stereocenters. The standard InChI is InChI=1S/C23H29N5O3S2/c1-4-17-7-9-18(10-8-17)31-14-20-26-27-23(28(20)13-16(2)3)33-15-21(29)25-22(30)24-12-19-6-5-11-32-19/h5-11,16H,4,12-15H2,1-3H3,(H2,24,25,29,30). The number of thioether (sulfide) groups is 1. The number of imide groups is 1. The second kappa shape index (κ2) is 12.4. The molecule has 0 aliphatic heterocycles. The maximum atomic E-state index is 12.2. The van der Waals surface area contributed by atoms with Gasteiger partial charge in [0.2, 0.25) is 5.91 Å². The summed E-state index contributed by atoms with van der Waals surface area (Å²) in [5.74, 6) is 1.49. The van der Waals surface area contributed by atoms with Crippen LogP contribution in [0.4, 0.5) is 4.79 Å². The van der Waals surface area contributed by atoms with E-state index in [1.165, 1.54) is 17.3 Å². The zero-order valence-corrected chi connectivity index (χ0v) is 20.7. The Morgan fingerprint density at radius 3 is 2.64 bits per heavy atom. The van der Waals surface area contributed by atoms with Gasteiger partial charge in [-0.05, 0) is 41.5 Å². The van der Waals surface area contributed by atoms with Crippen LogP contribution in [0.15, 0.2) is 46.9 Å². The smallest absolute Gasteiger partial charge is 0.321 e. The van der Waals surface area contributed by atoms with Crippen molar-refractivity contribution in [2.24, 2.45) is 5.92 Å². The van der Waals surface area contributed by atoms with Crippen molar-refractivity contribution in [1.29, 1.82) is 0 Å². The average molecular weight is 488 g/mol. The average Bonchev–Trinajstić information content (AvgIpc) is 3.45. The van der Waals surface area contributed by atoms with Crippen LogP contribution in [-0.4, -0.2) is 32.5 Å². The number of thiophene rings is 1. The van der Waals surface area contributed by atoms with Gasteiger partial charge in [0, 0.05) is 11.4 Å². The molecule has 0 bridgehead atoms. The van der Waals surface area contributed by atoms with E-state index in [0.29, 0.717) is 30.0 Å². The van der Waals surface area contributed by atoms with Gasteiger partial charge >= 0.3 is 6.03 Å². The van der Waals surface area contributed by atoms with Crippen molar-refractivity contribution >= 4 is 35.0 Å². The van der Waals surface area contributed by atoms with Gasteiger partial charge in [0.1, 0.15) is 12.4 Å². The van der Waals surface area contributed by atoms with Gasteiger partial charge in [0.15, 0.2) is 11.0 Å². The van der Waals surface area contributed by atoms with E-state index in [9.17, 15) is 9.59 Å². The Morgan fingerprint density at radius 1 is 1.18 bits per heavy atom. The molecule has 0 radical (unpaired) electrons. The van der Waals surface area contributed by atoms with Crippen molar-refractivity contribution in [3.63, 3.8) is 0 Å². The largest absolute Gasteiger partial charge is 0.486 e. The Balaban J connectivity index is 1.53. The summed E-state index contributed by atoms with van der Waals surface area (Å²) in [5, 5.41) is 16.1. The van der Waals surface area contributed by atoms with Gasteiger partial charge in [-0.25, -0.2) is 4.79 Å². The highest BCUT2D eigenvalue weighted by Gasteiger charge is 2.17. The molecule has 0 atom stereocenters. The summed E-state index contributed by atoms with van der Waals surface area (Å²) >= 11 is 2.79. The van der Waals surface area contributed by atoms with Crippen molar-refractivity contribution in [2.75, 3.05) is 5.75 Å². The maximum Gasteiger partial charge on any atom is 0.321 e. The van der Waals surface area contributed by atoms with Gasteiger partial charge in [-0.3, -0.25) is 10.1 Å². The van der Waals surface area contributed by atoms with Crippen LogP contribution in [-0.2, 0) is 30.9 Å². The van der Waals surface area contributed by atoms with Gasteiger partial charge in [-0.1, -0.05) is 50.7 Å². The van der Waals surface area contributed by atoms with Crippen LogP contribution >= 0.6 is 23.1 Å². The number of ether oxygens (including phenoxy) is 1. The minimum Gasteiger partial charge on any atom is -0.486 e. The molecule has 10 heteroatoms. The first-order valence-corrected chi connectivity index (χ1v) is 12.7. The third-order valence-corrected chi connectivity index (χ3v) is 6.47. The number of nitrogens with one attached hydrogen (secondary N) is 2. The predicted octanol–water partition coefficient (Wildman–Crippen LogP) is 4.26. The Labute approximate surface area is 202 Å². The van der Waals surface area contributed by atoms with Crippen molar-refractivity contribution in [1.82, 2.24) is 25.4 Å². The zero-order valence-electron chi connectivity index (χ0n) is 19.0. The molecule has 2 aromatic heterocycles. The van der Waals surface area contributed by atoms with E-state index in [-0.39, 0.29) is 12.4 Å². The minimum absolute atomic E-state index is 0.0575. The van der Waals surface area contributed by atoms with E-state index in [1.807, 2.05) is 46.3 Å². The van der Waals surface area contributed by atoms with Gasteiger partial charge < -0.3 is 14.6 Å². The van der Waals surface area contributed by atoms with Gasteiger partial charge in [0.05, 0.1) is 12.3 Å². The van der Waals surface area contributed by atoms with Crippen LogP contribution in [0, 0.1) is 5.92 Å². The molecule has 0 saturated carbocycles. The summed E-state index contributed by atoms with van der Waals surface area (Å²) in [5.41, 5.74) is 1.25. The van der Waals surface area contributed by atoms with Crippen LogP contribution in [0.3, 0.4) is 0 Å². The first-order valence-electron chi connectivity index (χ1n) is 10.8. The van der Waals surface area contributed by atoms with E-state index < -0.39 is 11.9 Å². The van der Waals surface area contributed by atoms with Crippen molar-refractivity contribution < 1.29 is 14.3 Å². The molecular weight excluding hydrogens is 458 g/mol. The Morgan fingerprint density at radius 2 is 1.97 bits per heavy atom. The Kier molecular flexibility index (Phi) is 9.32. The highest BCUT2D eigenvalue weighted by atomic mass is 32.2. The van der Waals surface area contributed by atoms with E-state index in [0.717, 1.165) is 17.0 Å². The lowest BCUT2D eigenvalue weighted by Gasteiger charge is -2.13. The molecule has 0 aliphatic carbocycles. The molecule has 1 aromatic carbocycles. The van der Waals surface area contributed by atoms with Crippen LogP contribution in [0.1, 0.15) is 37.0 Å². The minimum atomic E-state index is -0.513. The van der Waals surface area contributed by atoms with Crippen LogP contribution in [0.2, 0.25) is 0 Å². The lowest BCUT2D eigenvalue weighted by molar-refractivity contribution is -0.117. The number of aryl methyl sites for hydroxylation is 1. The third kappa shape index (κ3) is 7.90. The number of amides is 3. The number of nitrogens with zero attached hydrogens (tertiary/aromatic N) is 3. The monoisotopic (exact) mass is 487 g/mol. The fourth-order valence-corrected chi connectivity index (χ4v) is 4.38. The van der Waals surface area contributed by atoms with Crippen LogP contribution in [0.5, 0.6) is 5.75 Å². The summed E-state index contributed by atoms with van der Waals surface area (Å²) in [7, 11) is 0. The molecule has 0 spiro atoms. The predicted molar refractivity (Wildman–Crippen MR) is 130 cm³/mol. The summed E-state index contributed by atoms with van der Waals surface area (Å²) in [6, 6.07) is 11.3. The zero-order chi connectivity index (χ0) is 23.6. The number of benzene rings is 1. The normalized spacial score (nSPS) is 10.9.